The third kappa shape index (κ3) is 6.54. The first-order valence-corrected chi connectivity index (χ1v) is 29.4. The van der Waals surface area contributed by atoms with E-state index in [1.807, 2.05) is 66.7 Å². The third-order valence-corrected chi connectivity index (χ3v) is 27.3. The SMILES string of the molecule is O=P(c1ccccc1)(c1ccccc1)c1ccc2c(c1)nc1c3ccc(P(=[Se])(c4ccccc4)c4ccccc4)cc3c3ccc(P(=S)(c4ccccc4)c4ccccc4)cc3n21. The van der Waals surface area contributed by atoms with Crippen LogP contribution in [0.25, 0.3) is 38.4 Å². The molecule has 11 rings (SSSR count). The molecule has 8 heteroatoms. The molecule has 0 aliphatic heterocycles. The first kappa shape index (κ1) is 40.1. The van der Waals surface area contributed by atoms with Gasteiger partial charge in [0.1, 0.15) is 0 Å². The van der Waals surface area contributed by atoms with E-state index in [-0.39, 0.29) is 0 Å². The maximum absolute atomic E-state index is 15.6. The summed E-state index contributed by atoms with van der Waals surface area (Å²) in [5.41, 5.74) is 1.41. The number of imidazole rings is 1. The Morgan fingerprint density at radius 1 is 0.381 bits per heavy atom. The zero-order chi connectivity index (χ0) is 42.6. The van der Waals surface area contributed by atoms with Crippen molar-refractivity contribution in [2.24, 2.45) is 0 Å². The fourth-order valence-electron chi connectivity index (χ4n) is 9.13. The molecule has 2 heterocycles. The van der Waals surface area contributed by atoms with Gasteiger partial charge in [0, 0.05) is 0 Å². The van der Waals surface area contributed by atoms with Gasteiger partial charge in [0.15, 0.2) is 0 Å². The van der Waals surface area contributed by atoms with Gasteiger partial charge in [-0.15, -0.1) is 0 Å². The Labute approximate surface area is 379 Å². The molecule has 2 aromatic heterocycles. The number of fused-ring (bicyclic) bond motifs is 8. The Morgan fingerprint density at radius 2 is 0.810 bits per heavy atom. The quantitative estimate of drug-likeness (QED) is 0.0822. The van der Waals surface area contributed by atoms with Crippen LogP contribution in [-0.2, 0) is 16.4 Å². The van der Waals surface area contributed by atoms with Gasteiger partial charge in [0.2, 0.25) is 0 Å². The average Bonchev–Trinajstić information content (AvgIpc) is 3.76. The van der Waals surface area contributed by atoms with Crippen LogP contribution in [0.3, 0.4) is 0 Å². The van der Waals surface area contributed by atoms with E-state index >= 15 is 4.57 Å². The van der Waals surface area contributed by atoms with Crippen LogP contribution in [0.15, 0.2) is 237 Å². The van der Waals surface area contributed by atoms with E-state index in [1.54, 1.807) is 0 Å². The van der Waals surface area contributed by atoms with E-state index < -0.39 is 18.7 Å². The summed E-state index contributed by atoms with van der Waals surface area (Å²) in [4.78, 5) is 5.50. The number of aromatic nitrogens is 2. The van der Waals surface area contributed by atoms with Gasteiger partial charge in [0.25, 0.3) is 0 Å². The van der Waals surface area contributed by atoms with Crippen molar-refractivity contribution in [2.75, 3.05) is 0 Å². The van der Waals surface area contributed by atoms with E-state index in [0.29, 0.717) is 0 Å². The first-order chi connectivity index (χ1) is 30.9. The number of hydrogen-bond acceptors (Lipinski definition) is 3. The van der Waals surface area contributed by atoms with Crippen LogP contribution >= 0.6 is 18.7 Å². The molecule has 63 heavy (non-hydrogen) atoms. The van der Waals surface area contributed by atoms with Crippen molar-refractivity contribution < 1.29 is 4.57 Å². The molecule has 0 saturated heterocycles. The Kier molecular flexibility index (Phi) is 10.3. The molecular weight excluding hydrogens is 909 g/mol. The van der Waals surface area contributed by atoms with Crippen LogP contribution in [0.4, 0.5) is 0 Å². The summed E-state index contributed by atoms with van der Waals surface area (Å²) in [6.45, 7) is 0. The second kappa shape index (κ2) is 16.1. The summed E-state index contributed by atoms with van der Waals surface area (Å²) in [6.07, 6.45) is 0. The van der Waals surface area contributed by atoms with Crippen LogP contribution < -0.4 is 47.7 Å². The molecule has 0 radical (unpaired) electrons. The molecule has 0 amide bonds. The fraction of sp³-hybridized carbons (Fsp3) is 0. The summed E-state index contributed by atoms with van der Waals surface area (Å²) in [7, 11) is -3.26. The molecule has 0 saturated carbocycles. The maximum atomic E-state index is 15.6. The Balaban J connectivity index is 1.23. The summed E-state index contributed by atoms with van der Waals surface area (Å²) in [6, 6.07) is 80.1. The van der Waals surface area contributed by atoms with Crippen molar-refractivity contribution in [3.8, 4) is 0 Å². The van der Waals surface area contributed by atoms with Crippen LogP contribution in [-0.4, -0.2) is 24.5 Å². The van der Waals surface area contributed by atoms with Crippen molar-refractivity contribution in [1.82, 2.24) is 9.38 Å². The van der Waals surface area contributed by atoms with Crippen LogP contribution in [0.1, 0.15) is 0 Å². The molecule has 0 aliphatic carbocycles. The van der Waals surface area contributed by atoms with E-state index in [0.717, 1.165) is 70.2 Å². The minimum atomic E-state index is -3.26. The standard InChI is InChI=1S/C55H39N2OP3SSe/c58-59(40-19-7-1-8-20-40,41-21-9-2-10-22-41)46-33-36-53-52(38-46)56-55-50-35-32-48(61(63,44-27-15-5-16-28-44)45-29-17-6-18-30-45)37-51(50)49-34-31-47(39-54(49)57(53)55)60(62,42-23-11-3-12-24-42)43-25-13-4-14-26-43/h1-39H. The fourth-order valence-corrected chi connectivity index (χ4v) is 20.5. The van der Waals surface area contributed by atoms with Crippen molar-refractivity contribution >= 4 is 132 Å². The molecule has 0 unspecified atom stereocenters. The first-order valence-electron chi connectivity index (χ1n) is 20.9. The molecule has 0 bridgehead atoms. The third-order valence-electron chi connectivity index (χ3n) is 12.2. The number of benzene rings is 9. The molecule has 0 aliphatic rings. The Morgan fingerprint density at radius 3 is 1.32 bits per heavy atom. The second-order valence-electron chi connectivity index (χ2n) is 15.7. The molecule has 11 aromatic rings. The predicted molar refractivity (Wildman–Crippen MR) is 278 cm³/mol. The van der Waals surface area contributed by atoms with Gasteiger partial charge in [-0.2, -0.15) is 0 Å². The Bertz CT molecular complexity index is 3510. The zero-order valence-corrected chi connectivity index (χ0v) is 39.2. The average molecular weight is 948 g/mol. The van der Waals surface area contributed by atoms with Crippen LogP contribution in [0.2, 0.25) is 0 Å². The van der Waals surface area contributed by atoms with Gasteiger partial charge >= 0.3 is 309 Å². The van der Waals surface area contributed by atoms with Crippen molar-refractivity contribution in [3.63, 3.8) is 0 Å². The number of rotatable bonds is 9. The van der Waals surface area contributed by atoms with E-state index in [2.05, 4.69) is 189 Å². The molecule has 0 N–H and O–H groups in total. The van der Waals surface area contributed by atoms with E-state index in [1.165, 1.54) is 15.9 Å². The number of pyridine rings is 1. The van der Waals surface area contributed by atoms with Gasteiger partial charge in [-0.3, -0.25) is 0 Å². The summed E-state index contributed by atoms with van der Waals surface area (Å²) in [5, 5.41) is 12.8. The topological polar surface area (TPSA) is 34.4 Å². The van der Waals surface area contributed by atoms with Crippen molar-refractivity contribution in [1.29, 1.82) is 0 Å². The zero-order valence-electron chi connectivity index (χ0n) is 34.0. The van der Waals surface area contributed by atoms with Crippen LogP contribution in [0, 0.1) is 0 Å². The predicted octanol–water partition coefficient (Wildman–Crippen LogP) is 9.57. The normalized spacial score (nSPS) is 12.3. The molecule has 9 aromatic carbocycles. The molecule has 0 spiro atoms. The van der Waals surface area contributed by atoms with Gasteiger partial charge in [0.05, 0.1) is 0 Å². The molecule has 0 atom stereocenters. The number of nitrogens with zero attached hydrogens (tertiary/aromatic N) is 2. The Hall–Kier alpha value is -5.72. The second-order valence-corrected chi connectivity index (χ2v) is 29.1. The van der Waals surface area contributed by atoms with Gasteiger partial charge in [-0.05, 0) is 0 Å². The molecule has 0 fully saturated rings. The molecule has 302 valence electrons. The number of hydrogen-bond donors (Lipinski definition) is 0. The van der Waals surface area contributed by atoms with Gasteiger partial charge < -0.3 is 0 Å². The monoisotopic (exact) mass is 948 g/mol. The van der Waals surface area contributed by atoms with E-state index in [4.69, 9.17) is 16.8 Å². The molecule has 3 nitrogen and oxygen atoms in total. The van der Waals surface area contributed by atoms with Gasteiger partial charge in [-0.1, -0.05) is 72.8 Å². The summed E-state index contributed by atoms with van der Waals surface area (Å²) < 4.78 is 18.0. The molecular formula is C55H39N2OP3SSe. The van der Waals surface area contributed by atoms with Crippen LogP contribution in [0.5, 0.6) is 0 Å². The van der Waals surface area contributed by atoms with Crippen molar-refractivity contribution in [3.05, 3.63) is 237 Å². The van der Waals surface area contributed by atoms with E-state index in [9.17, 15) is 0 Å². The minimum absolute atomic E-state index is 0.748. The summed E-state index contributed by atoms with van der Waals surface area (Å²) in [5.74, 6) is 0. The summed E-state index contributed by atoms with van der Waals surface area (Å²) >= 11 is 10.7. The van der Waals surface area contributed by atoms with Crippen molar-refractivity contribution in [2.45, 2.75) is 0 Å². The van der Waals surface area contributed by atoms with Gasteiger partial charge in [-0.25, -0.2) is 0 Å².